The van der Waals surface area contributed by atoms with E-state index in [1.807, 2.05) is 0 Å². The highest BCUT2D eigenvalue weighted by atomic mass is 16.6. The van der Waals surface area contributed by atoms with Crippen LogP contribution in [0.3, 0.4) is 0 Å². The van der Waals surface area contributed by atoms with Crippen LogP contribution in [0, 0.1) is 0 Å². The van der Waals surface area contributed by atoms with E-state index in [1.54, 1.807) is 12.1 Å². The maximum atomic E-state index is 11.2. The summed E-state index contributed by atoms with van der Waals surface area (Å²) in [5, 5.41) is 11.0. The van der Waals surface area contributed by atoms with E-state index < -0.39 is 5.97 Å². The van der Waals surface area contributed by atoms with Crippen molar-refractivity contribution in [3.05, 3.63) is 89.5 Å². The third-order valence-electron chi connectivity index (χ3n) is 7.01. The Bertz CT molecular complexity index is 1470. The first-order valence-corrected chi connectivity index (χ1v) is 14.2. The van der Waals surface area contributed by atoms with Crippen molar-refractivity contribution in [2.24, 2.45) is 0 Å². The van der Waals surface area contributed by atoms with Gasteiger partial charge in [-0.15, -0.1) is 0 Å². The van der Waals surface area contributed by atoms with E-state index >= 15 is 0 Å². The Morgan fingerprint density at radius 1 is 0.732 bits per heavy atom. The number of aromatic hydroxyl groups is 1. The molecule has 0 radical (unpaired) electrons. The van der Waals surface area contributed by atoms with Crippen LogP contribution in [0.4, 0.5) is 0 Å². The third-order valence-corrected chi connectivity index (χ3v) is 7.01. The number of phenols is 1. The number of nitrogens with zero attached hydrogens (tertiary/aromatic N) is 3. The molecule has 0 aliphatic rings. The molecule has 212 valence electrons. The molecular formula is C34H37N3O4. The summed E-state index contributed by atoms with van der Waals surface area (Å²) in [5.41, 5.74) is 7.21. The fourth-order valence-corrected chi connectivity index (χ4v) is 4.64. The second-order valence-electron chi connectivity index (χ2n) is 9.60. The van der Waals surface area contributed by atoms with Gasteiger partial charge in [0.2, 0.25) is 0 Å². The molecule has 3 aromatic carbocycles. The summed E-state index contributed by atoms with van der Waals surface area (Å²) in [6, 6.07) is 17.8. The van der Waals surface area contributed by atoms with Gasteiger partial charge in [-0.05, 0) is 60.1 Å². The minimum atomic E-state index is -0.514. The van der Waals surface area contributed by atoms with Crippen LogP contribution in [0.15, 0.2) is 67.3 Å². The van der Waals surface area contributed by atoms with Crippen molar-refractivity contribution >= 4 is 5.97 Å². The predicted molar refractivity (Wildman–Crippen MR) is 162 cm³/mol. The average Bonchev–Trinajstić information content (AvgIpc) is 3.01. The molecule has 1 N–H and O–H groups in total. The van der Waals surface area contributed by atoms with Crippen LogP contribution < -0.4 is 4.74 Å². The fourth-order valence-electron chi connectivity index (χ4n) is 4.64. The lowest BCUT2D eigenvalue weighted by molar-refractivity contribution is -0.138. The van der Waals surface area contributed by atoms with Gasteiger partial charge in [0.1, 0.15) is 24.7 Å². The molecule has 1 aromatic heterocycles. The molecule has 0 atom stereocenters. The Hall–Kier alpha value is -4.52. The molecule has 0 amide bonds. The zero-order valence-corrected chi connectivity index (χ0v) is 24.2. The molecule has 7 nitrogen and oxygen atoms in total. The Morgan fingerprint density at radius 2 is 1.24 bits per heavy atom. The Labute approximate surface area is 241 Å². The van der Waals surface area contributed by atoms with Gasteiger partial charge in [-0.1, -0.05) is 70.7 Å². The number of esters is 1. The number of hydrogen-bond acceptors (Lipinski definition) is 7. The summed E-state index contributed by atoms with van der Waals surface area (Å²) in [6.07, 6.45) is 4.67. The first-order chi connectivity index (χ1) is 19.9. The van der Waals surface area contributed by atoms with Crippen LogP contribution in [0.25, 0.3) is 34.2 Å². The lowest BCUT2D eigenvalue weighted by Crippen LogP contribution is -2.10. The van der Waals surface area contributed by atoms with Crippen LogP contribution in [-0.2, 0) is 35.2 Å². The minimum Gasteiger partial charge on any atom is -0.507 e. The molecule has 4 rings (SSSR count). The summed E-state index contributed by atoms with van der Waals surface area (Å²) in [6.45, 7) is 12.1. The second-order valence-corrected chi connectivity index (χ2v) is 9.60. The van der Waals surface area contributed by atoms with Gasteiger partial charge in [-0.25, -0.2) is 19.7 Å². The van der Waals surface area contributed by atoms with Gasteiger partial charge in [0.15, 0.2) is 17.5 Å². The second kappa shape index (κ2) is 13.7. The first kappa shape index (κ1) is 29.5. The van der Waals surface area contributed by atoms with Gasteiger partial charge >= 0.3 is 5.97 Å². The van der Waals surface area contributed by atoms with Crippen molar-refractivity contribution in [2.75, 3.05) is 13.2 Å². The highest BCUT2D eigenvalue weighted by molar-refractivity contribution is 5.81. The summed E-state index contributed by atoms with van der Waals surface area (Å²) >= 11 is 0. The van der Waals surface area contributed by atoms with Crippen LogP contribution >= 0.6 is 0 Å². The van der Waals surface area contributed by atoms with Crippen molar-refractivity contribution in [3.8, 4) is 45.7 Å². The number of ether oxygens (including phenoxy) is 2. The number of carbonyl (C=O) groups excluding carboxylic acids is 1. The van der Waals surface area contributed by atoms with Gasteiger partial charge in [-0.2, -0.15) is 0 Å². The number of phenolic OH excluding ortho intramolecular Hbond substituents is 1. The van der Waals surface area contributed by atoms with Crippen LogP contribution in [-0.4, -0.2) is 39.2 Å². The summed E-state index contributed by atoms with van der Waals surface area (Å²) in [5.74, 6) is 1.39. The molecule has 7 heteroatoms. The molecule has 0 aliphatic carbocycles. The van der Waals surface area contributed by atoms with Crippen LogP contribution in [0.5, 0.6) is 11.5 Å². The van der Waals surface area contributed by atoms with Gasteiger partial charge in [0.25, 0.3) is 0 Å². The summed E-state index contributed by atoms with van der Waals surface area (Å²) < 4.78 is 10.6. The minimum absolute atomic E-state index is 0.0252. The van der Waals surface area contributed by atoms with Gasteiger partial charge in [0.05, 0.1) is 5.56 Å². The fraction of sp³-hybridized carbons (Fsp3) is 0.294. The molecule has 0 saturated heterocycles. The summed E-state index contributed by atoms with van der Waals surface area (Å²) in [7, 11) is 0. The molecule has 4 aromatic rings. The largest absolute Gasteiger partial charge is 0.507 e. The number of hydrogen-bond donors (Lipinski definition) is 1. The zero-order chi connectivity index (χ0) is 29.4. The van der Waals surface area contributed by atoms with E-state index in [1.165, 1.54) is 17.2 Å². The van der Waals surface area contributed by atoms with E-state index in [9.17, 15) is 9.90 Å². The SMILES string of the molecule is C=CC(=O)OCCOc1ccc(-c2nc(-c3ccc(CC)cc3CC)nc(-c3ccc(CC)cc3CC)n2)c(O)c1. The van der Waals surface area contributed by atoms with E-state index in [0.29, 0.717) is 28.8 Å². The zero-order valence-electron chi connectivity index (χ0n) is 24.2. The maximum Gasteiger partial charge on any atom is 0.330 e. The standard InChI is InChI=1S/C34H37N3O4/c1-6-22-11-14-27(24(8-3)19-22)32-35-33(28-15-12-23(7-2)20-25(28)9-4)37-34(36-32)29-16-13-26(21-30(29)38)40-17-18-41-31(39)10-5/h10-16,19-21,38H,5-9,17-18H2,1-4H3. The average molecular weight is 552 g/mol. The highest BCUT2D eigenvalue weighted by Crippen LogP contribution is 2.34. The molecule has 0 aliphatic heterocycles. The van der Waals surface area contributed by atoms with Crippen molar-refractivity contribution in [2.45, 2.75) is 53.4 Å². The maximum absolute atomic E-state index is 11.2. The van der Waals surface area contributed by atoms with Crippen molar-refractivity contribution in [1.29, 1.82) is 0 Å². The Balaban J connectivity index is 1.79. The van der Waals surface area contributed by atoms with Gasteiger partial charge in [0, 0.05) is 23.3 Å². The van der Waals surface area contributed by atoms with Crippen LogP contribution in [0.2, 0.25) is 0 Å². The molecule has 0 spiro atoms. The van der Waals surface area contributed by atoms with Crippen molar-refractivity contribution in [1.82, 2.24) is 15.0 Å². The number of carbonyl (C=O) groups is 1. The van der Waals surface area contributed by atoms with Gasteiger partial charge < -0.3 is 14.6 Å². The monoisotopic (exact) mass is 551 g/mol. The quantitative estimate of drug-likeness (QED) is 0.116. The number of rotatable bonds is 12. The normalized spacial score (nSPS) is 10.8. The lowest BCUT2D eigenvalue weighted by Gasteiger charge is -2.15. The predicted octanol–water partition coefficient (Wildman–Crippen LogP) is 6.94. The molecule has 0 bridgehead atoms. The first-order valence-electron chi connectivity index (χ1n) is 14.2. The molecule has 41 heavy (non-hydrogen) atoms. The van der Waals surface area contributed by atoms with Gasteiger partial charge in [-0.3, -0.25) is 0 Å². The number of aromatic nitrogens is 3. The molecule has 1 heterocycles. The molecular weight excluding hydrogens is 514 g/mol. The number of aryl methyl sites for hydroxylation is 4. The number of benzene rings is 3. The lowest BCUT2D eigenvalue weighted by atomic mass is 9.99. The van der Waals surface area contributed by atoms with E-state index in [2.05, 4.69) is 70.7 Å². The van der Waals surface area contributed by atoms with E-state index in [0.717, 1.165) is 54.0 Å². The topological polar surface area (TPSA) is 94.4 Å². The molecule has 0 saturated carbocycles. The molecule has 0 fully saturated rings. The highest BCUT2D eigenvalue weighted by Gasteiger charge is 2.18. The summed E-state index contributed by atoms with van der Waals surface area (Å²) in [4.78, 5) is 25.9. The van der Waals surface area contributed by atoms with Crippen molar-refractivity contribution < 1.29 is 19.4 Å². The van der Waals surface area contributed by atoms with Crippen LogP contribution in [0.1, 0.15) is 49.9 Å². The van der Waals surface area contributed by atoms with E-state index in [-0.39, 0.29) is 19.0 Å². The van der Waals surface area contributed by atoms with E-state index in [4.69, 9.17) is 24.4 Å². The smallest absolute Gasteiger partial charge is 0.330 e. The third kappa shape index (κ3) is 6.98. The Morgan fingerprint density at radius 3 is 1.71 bits per heavy atom. The molecule has 0 unspecified atom stereocenters. The Kier molecular flexibility index (Phi) is 9.85. The van der Waals surface area contributed by atoms with Crippen molar-refractivity contribution in [3.63, 3.8) is 0 Å².